The second-order valence-electron chi connectivity index (χ2n) is 35.5. The van der Waals surface area contributed by atoms with Crippen molar-refractivity contribution in [3.63, 3.8) is 0 Å². The summed E-state index contributed by atoms with van der Waals surface area (Å²) in [7, 11) is 0. The first-order valence-corrected chi connectivity index (χ1v) is 38.8. The Balaban J connectivity index is 0.0000000987. The molecule has 18 saturated carbocycles. The number of hydrogen-bond donors (Lipinski definition) is 4. The molecule has 0 spiro atoms. The summed E-state index contributed by atoms with van der Waals surface area (Å²) in [6.07, 6.45) is 46.0. The molecule has 22 rings (SSSR count). The van der Waals surface area contributed by atoms with Gasteiger partial charge in [0.2, 0.25) is 0 Å². The predicted octanol–water partition coefficient (Wildman–Crippen LogP) is 19.3. The first kappa shape index (κ1) is 61.3. The van der Waals surface area contributed by atoms with Gasteiger partial charge in [-0.2, -0.15) is 0 Å². The fourth-order valence-electron chi connectivity index (χ4n) is 24.3. The quantitative estimate of drug-likeness (QED) is 0.0845. The van der Waals surface area contributed by atoms with Crippen LogP contribution in [0.2, 0.25) is 0 Å². The van der Waals surface area contributed by atoms with Crippen LogP contribution in [0.1, 0.15) is 278 Å². The average Bonchev–Trinajstić information content (AvgIpc) is 1.20. The van der Waals surface area contributed by atoms with Crippen molar-refractivity contribution in [2.45, 2.75) is 297 Å². The number of rotatable bonds is 16. The minimum atomic E-state index is 0.266. The molecule has 4 aromatic carbocycles. The molecule has 0 unspecified atom stereocenters. The summed E-state index contributed by atoms with van der Waals surface area (Å²) in [5.74, 6) is 15.4. The van der Waals surface area contributed by atoms with Gasteiger partial charge in [-0.25, -0.2) is 0 Å². The van der Waals surface area contributed by atoms with Crippen LogP contribution in [-0.2, 0) is 31.6 Å². The van der Waals surface area contributed by atoms with Crippen LogP contribution >= 0.6 is 11.8 Å². The third-order valence-corrected chi connectivity index (χ3v) is 28.0. The van der Waals surface area contributed by atoms with Crippen LogP contribution in [0.3, 0.4) is 0 Å². The van der Waals surface area contributed by atoms with E-state index >= 15 is 0 Å². The molecule has 0 saturated heterocycles. The van der Waals surface area contributed by atoms with E-state index in [1.54, 1.807) is 30.4 Å². The third-order valence-electron chi connectivity index (χ3n) is 27.1. The van der Waals surface area contributed by atoms with E-state index in [-0.39, 0.29) is 5.41 Å². The Morgan fingerprint density at radius 2 is 0.682 bits per heavy atom. The van der Waals surface area contributed by atoms with E-state index in [4.69, 9.17) is 0 Å². The van der Waals surface area contributed by atoms with Crippen molar-refractivity contribution in [1.82, 2.24) is 16.0 Å². The van der Waals surface area contributed by atoms with Crippen LogP contribution in [-0.4, -0.2) is 27.9 Å². The lowest BCUT2D eigenvalue weighted by atomic mass is 9.53. The fourth-order valence-corrected chi connectivity index (χ4v) is 25.0. The lowest BCUT2D eigenvalue weighted by Crippen LogP contribution is -2.97. The van der Waals surface area contributed by atoms with Crippen LogP contribution in [0.15, 0.2) is 102 Å². The van der Waals surface area contributed by atoms with Gasteiger partial charge in [0.05, 0.1) is 5.54 Å². The molecule has 0 amide bonds. The second kappa shape index (κ2) is 25.8. The largest absolute Gasteiger partial charge is 0.338 e. The molecule has 0 aromatic heterocycles. The van der Waals surface area contributed by atoms with Crippen molar-refractivity contribution >= 4 is 11.8 Å². The molecule has 4 aromatic rings. The maximum absolute atomic E-state index is 4.04. The Morgan fingerprint density at radius 1 is 0.375 bits per heavy atom. The molecule has 18 fully saturated rings. The summed E-state index contributed by atoms with van der Waals surface area (Å²) >= 11 is 1.93. The topological polar surface area (TPSA) is 52.7 Å². The maximum atomic E-state index is 4.04. The molecule has 18 aliphatic rings. The standard InChI is InChI=1S/C23H33N.C21H31N.C20H27N.C19H27NS/c1-2-4-21(5-3-1)22-8-6-17(7-9-22)16-24-23-13-18-10-19(14-23)12-20(11-18)15-23;1-20(2,3)19-6-4-15(5-7-19)14-22-21-11-16-8-17(12-21)10-18(9-16)13-21;1-3-18(19-5-6-19)4-2-14(1)13-21-20-10-15-7-16(11-20)9-17(8-15)12-20;1-2-21-18-5-3-14(4-6-18)13-20-19-10-15-7-16(11-19)9-17(8-15)12-19/h6-9,18-21,24H,1-5,10-16H2;4-7,16-18,22H,8-14H2,1-3H3;1-4,15-17,19,21H,5-13H2;3-6,15-17,20H,2,7-13H2,1H3/p+1. The first-order valence-electron chi connectivity index (χ1n) is 37.8. The van der Waals surface area contributed by atoms with Crippen molar-refractivity contribution in [1.29, 1.82) is 0 Å². The first-order chi connectivity index (χ1) is 42.7. The smallest absolute Gasteiger partial charge is 0.102 e. The fraction of sp³-hybridized carbons (Fsp3) is 0.711. The minimum absolute atomic E-state index is 0.266. The van der Waals surface area contributed by atoms with Crippen molar-refractivity contribution in [3.05, 3.63) is 136 Å². The van der Waals surface area contributed by atoms with Gasteiger partial charge in [0, 0.05) is 66.0 Å². The van der Waals surface area contributed by atoms with E-state index in [0.29, 0.717) is 22.2 Å². The zero-order valence-corrected chi connectivity index (χ0v) is 56.6. The van der Waals surface area contributed by atoms with Gasteiger partial charge in [0.15, 0.2) is 0 Å². The number of benzene rings is 4. The molecule has 476 valence electrons. The van der Waals surface area contributed by atoms with Gasteiger partial charge >= 0.3 is 0 Å². The van der Waals surface area contributed by atoms with E-state index in [0.717, 1.165) is 108 Å². The van der Waals surface area contributed by atoms with E-state index in [2.05, 4.69) is 146 Å². The predicted molar refractivity (Wildman–Crippen MR) is 368 cm³/mol. The number of quaternary nitrogens is 1. The number of nitrogens with one attached hydrogen (secondary N) is 3. The Kier molecular flexibility index (Phi) is 17.9. The molecule has 0 atom stereocenters. The number of thioether (sulfide) groups is 1. The summed E-state index contributed by atoms with van der Waals surface area (Å²) in [4.78, 5) is 1.40. The zero-order valence-electron chi connectivity index (χ0n) is 55.8. The molecule has 4 nitrogen and oxygen atoms in total. The Morgan fingerprint density at radius 3 is 1.00 bits per heavy atom. The van der Waals surface area contributed by atoms with Crippen LogP contribution in [0.4, 0.5) is 0 Å². The SMILES string of the molecule is CC(C)(C)c1ccc(C[NH2+]C23CC4CC(CC(C4)C2)C3)cc1.CCSc1ccc(CNC23CC4CC(CC(C4)C2)C3)cc1.c1cc(C2CC2)ccc1CNC12CC3CC(CC(C3)C1)C2.c1cc(C2CCCCC2)ccc1CNC12CC3CC(CC(C3)C1)C2. The van der Waals surface area contributed by atoms with E-state index in [9.17, 15) is 0 Å². The Labute approximate surface area is 539 Å². The van der Waals surface area contributed by atoms with Gasteiger partial charge in [0.25, 0.3) is 0 Å². The molecule has 0 heterocycles. The highest BCUT2D eigenvalue weighted by Crippen LogP contribution is 2.59. The molecule has 0 aliphatic heterocycles. The Hall–Kier alpha value is -2.93. The van der Waals surface area contributed by atoms with Gasteiger partial charge in [0.1, 0.15) is 6.54 Å². The molecular formula is C83H119N4S+. The number of nitrogens with two attached hydrogens (primary N) is 1. The number of hydrogen-bond acceptors (Lipinski definition) is 4. The monoisotopic (exact) mass is 1200 g/mol. The van der Waals surface area contributed by atoms with Gasteiger partial charge in [-0.05, 0) is 300 Å². The summed E-state index contributed by atoms with van der Waals surface area (Å²) in [6, 6.07) is 37.7. The van der Waals surface area contributed by atoms with Gasteiger partial charge < -0.3 is 21.3 Å². The molecule has 0 radical (unpaired) electrons. The highest BCUT2D eigenvalue weighted by Gasteiger charge is 2.55. The van der Waals surface area contributed by atoms with Crippen molar-refractivity contribution in [2.24, 2.45) is 71.0 Å². The van der Waals surface area contributed by atoms with Gasteiger partial charge in [-0.15, -0.1) is 11.8 Å². The lowest BCUT2D eigenvalue weighted by molar-refractivity contribution is -0.752. The summed E-state index contributed by atoms with van der Waals surface area (Å²) in [6.45, 7) is 13.5. The van der Waals surface area contributed by atoms with Crippen LogP contribution in [0.25, 0.3) is 0 Å². The maximum Gasteiger partial charge on any atom is 0.102 e. The van der Waals surface area contributed by atoms with Crippen molar-refractivity contribution < 1.29 is 5.32 Å². The average molecular weight is 1200 g/mol. The van der Waals surface area contributed by atoms with E-state index in [1.165, 1.54) is 219 Å². The molecular weight excluding hydrogens is 1090 g/mol. The summed E-state index contributed by atoms with van der Waals surface area (Å²) < 4.78 is 0. The van der Waals surface area contributed by atoms with Crippen LogP contribution in [0.5, 0.6) is 0 Å². The molecule has 5 N–H and O–H groups in total. The molecule has 16 bridgehead atoms. The second-order valence-corrected chi connectivity index (χ2v) is 36.8. The molecule has 18 aliphatic carbocycles. The highest BCUT2D eigenvalue weighted by molar-refractivity contribution is 7.99. The third kappa shape index (κ3) is 14.4. The highest BCUT2D eigenvalue weighted by atomic mass is 32.2. The lowest BCUT2D eigenvalue weighted by Gasteiger charge is -2.57. The van der Waals surface area contributed by atoms with E-state index < -0.39 is 0 Å². The van der Waals surface area contributed by atoms with Crippen molar-refractivity contribution in [3.8, 4) is 0 Å². The van der Waals surface area contributed by atoms with Crippen LogP contribution in [0, 0.1) is 71.0 Å². The normalized spacial score (nSPS) is 38.3. The van der Waals surface area contributed by atoms with E-state index in [1.807, 2.05) is 11.8 Å². The summed E-state index contributed by atoms with van der Waals surface area (Å²) in [5, 5.41) is 14.8. The van der Waals surface area contributed by atoms with Gasteiger partial charge in [-0.3, -0.25) is 0 Å². The van der Waals surface area contributed by atoms with Gasteiger partial charge in [-0.1, -0.05) is 132 Å². The molecule has 5 heteroatoms. The van der Waals surface area contributed by atoms with Crippen LogP contribution < -0.4 is 21.3 Å². The minimum Gasteiger partial charge on any atom is -0.338 e. The van der Waals surface area contributed by atoms with Crippen molar-refractivity contribution in [2.75, 3.05) is 5.75 Å². The molecule has 88 heavy (non-hydrogen) atoms. The Bertz CT molecular complexity index is 2780. The zero-order chi connectivity index (χ0) is 59.5. The summed E-state index contributed by atoms with van der Waals surface area (Å²) in [5.41, 5.74) is 12.9.